The number of H-pyrrole nitrogens is 1. The van der Waals surface area contributed by atoms with Crippen molar-refractivity contribution in [2.24, 2.45) is 0 Å². The van der Waals surface area contributed by atoms with Gasteiger partial charge < -0.3 is 19.9 Å². The minimum Gasteiger partial charge on any atom is -0.445 e. The highest BCUT2D eigenvalue weighted by Gasteiger charge is 2.26. The molecule has 0 aliphatic rings. The number of hydrogen-bond acceptors (Lipinski definition) is 3. The number of carbonyl (C=O) groups excluding carboxylic acids is 2. The summed E-state index contributed by atoms with van der Waals surface area (Å²) in [4.78, 5) is 30.4. The number of ether oxygens (including phenoxy) is 1. The van der Waals surface area contributed by atoms with E-state index < -0.39 is 29.7 Å². The Kier molecular flexibility index (Phi) is 7.40. The van der Waals surface area contributed by atoms with E-state index >= 15 is 0 Å². The smallest absolute Gasteiger partial charge is 0.408 e. The molecule has 1 aromatic heterocycles. The highest BCUT2D eigenvalue weighted by Crippen LogP contribution is 2.20. The first kappa shape index (κ1) is 23.9. The van der Waals surface area contributed by atoms with Crippen LogP contribution in [0, 0.1) is 11.6 Å². The molecule has 0 unspecified atom stereocenters. The molecule has 0 spiro atoms. The lowest BCUT2D eigenvalue weighted by Crippen LogP contribution is -2.48. The van der Waals surface area contributed by atoms with Crippen molar-refractivity contribution in [2.45, 2.75) is 25.6 Å². The fraction of sp³-hybridized carbons (Fsp3) is 0.185. The third-order valence-corrected chi connectivity index (χ3v) is 5.70. The van der Waals surface area contributed by atoms with E-state index in [9.17, 15) is 18.4 Å². The van der Waals surface area contributed by atoms with Crippen molar-refractivity contribution in [3.63, 3.8) is 0 Å². The number of aromatic nitrogens is 1. The van der Waals surface area contributed by atoms with Crippen molar-refractivity contribution in [1.29, 1.82) is 0 Å². The maximum atomic E-state index is 14.2. The van der Waals surface area contributed by atoms with Crippen molar-refractivity contribution in [3.8, 4) is 0 Å². The standard InChI is InChI=1S/C27H25F2N3O3/c1-32(16-19-11-12-21(28)14-23(19)29)26(33)25(13-20-15-30-24-10-6-5-9-22(20)24)31-27(34)35-17-18-7-3-2-4-8-18/h2-12,14-15,25,30H,13,16-17H2,1H3,(H,31,34)/t25-/m1/s1. The molecule has 1 atom stereocenters. The number of amides is 2. The van der Waals surface area contributed by atoms with Gasteiger partial charge in [0.15, 0.2) is 0 Å². The molecule has 0 fully saturated rings. The number of aromatic amines is 1. The lowest BCUT2D eigenvalue weighted by molar-refractivity contribution is -0.132. The van der Waals surface area contributed by atoms with E-state index in [4.69, 9.17) is 4.74 Å². The summed E-state index contributed by atoms with van der Waals surface area (Å²) in [5, 5.41) is 3.59. The molecule has 35 heavy (non-hydrogen) atoms. The van der Waals surface area contributed by atoms with Crippen LogP contribution < -0.4 is 5.32 Å². The predicted molar refractivity (Wildman–Crippen MR) is 128 cm³/mol. The maximum absolute atomic E-state index is 14.2. The number of halogens is 2. The summed E-state index contributed by atoms with van der Waals surface area (Å²) in [6.45, 7) is -0.0344. The largest absolute Gasteiger partial charge is 0.445 e. The lowest BCUT2D eigenvalue weighted by atomic mass is 10.0. The Balaban J connectivity index is 1.51. The van der Waals surface area contributed by atoms with Gasteiger partial charge in [-0.25, -0.2) is 13.6 Å². The molecule has 0 radical (unpaired) electrons. The molecular formula is C27H25F2N3O3. The van der Waals surface area contributed by atoms with E-state index in [0.717, 1.165) is 34.2 Å². The van der Waals surface area contributed by atoms with E-state index in [1.807, 2.05) is 54.6 Å². The van der Waals surface area contributed by atoms with Gasteiger partial charge in [-0.15, -0.1) is 0 Å². The second-order valence-corrected chi connectivity index (χ2v) is 8.25. The third-order valence-electron chi connectivity index (χ3n) is 5.70. The zero-order valence-electron chi connectivity index (χ0n) is 19.1. The van der Waals surface area contributed by atoms with Gasteiger partial charge in [-0.05, 0) is 23.3 Å². The molecule has 3 aromatic carbocycles. The first-order valence-corrected chi connectivity index (χ1v) is 11.1. The van der Waals surface area contributed by atoms with Gasteiger partial charge in [0.25, 0.3) is 0 Å². The van der Waals surface area contributed by atoms with Crippen molar-refractivity contribution >= 4 is 22.9 Å². The minimum atomic E-state index is -0.967. The quantitative estimate of drug-likeness (QED) is 0.377. The van der Waals surface area contributed by atoms with Crippen LogP contribution in [-0.4, -0.2) is 35.0 Å². The number of para-hydroxylation sites is 1. The highest BCUT2D eigenvalue weighted by atomic mass is 19.1. The molecule has 8 heteroatoms. The van der Waals surface area contributed by atoms with Crippen LogP contribution in [0.5, 0.6) is 0 Å². The second kappa shape index (κ2) is 10.8. The molecule has 1 heterocycles. The van der Waals surface area contributed by atoms with Crippen LogP contribution in [-0.2, 0) is 29.1 Å². The number of alkyl carbamates (subject to hydrolysis) is 1. The molecule has 0 saturated carbocycles. The second-order valence-electron chi connectivity index (χ2n) is 8.25. The molecule has 0 aliphatic heterocycles. The number of nitrogens with zero attached hydrogens (tertiary/aromatic N) is 1. The predicted octanol–water partition coefficient (Wildman–Crippen LogP) is 4.94. The van der Waals surface area contributed by atoms with Gasteiger partial charge in [0, 0.05) is 48.7 Å². The molecule has 180 valence electrons. The van der Waals surface area contributed by atoms with Crippen molar-refractivity contribution in [3.05, 3.63) is 107 Å². The number of likely N-dealkylation sites (N-methyl/N-ethyl adjacent to an activating group) is 1. The van der Waals surface area contributed by atoms with Crippen molar-refractivity contribution in [1.82, 2.24) is 15.2 Å². The number of rotatable bonds is 8. The molecule has 2 amide bonds. The molecule has 0 aliphatic carbocycles. The van der Waals surface area contributed by atoms with Crippen molar-refractivity contribution in [2.75, 3.05) is 7.05 Å². The Morgan fingerprint density at radius 3 is 2.51 bits per heavy atom. The van der Waals surface area contributed by atoms with E-state index in [0.29, 0.717) is 0 Å². The number of benzene rings is 3. The Morgan fingerprint density at radius 1 is 1.00 bits per heavy atom. The average Bonchev–Trinajstić information content (AvgIpc) is 3.27. The molecule has 4 rings (SSSR count). The van der Waals surface area contributed by atoms with Crippen LogP contribution in [0.2, 0.25) is 0 Å². The van der Waals surface area contributed by atoms with Crippen LogP contribution in [0.3, 0.4) is 0 Å². The Hall–Kier alpha value is -4.20. The molecule has 4 aromatic rings. The summed E-state index contributed by atoms with van der Waals surface area (Å²) in [7, 11) is 1.50. The Bertz CT molecular complexity index is 1320. The van der Waals surface area contributed by atoms with Crippen molar-refractivity contribution < 1.29 is 23.1 Å². The van der Waals surface area contributed by atoms with Gasteiger partial charge in [0.1, 0.15) is 24.3 Å². The van der Waals surface area contributed by atoms with E-state index in [2.05, 4.69) is 10.3 Å². The molecule has 6 nitrogen and oxygen atoms in total. The lowest BCUT2D eigenvalue weighted by Gasteiger charge is -2.25. The first-order chi connectivity index (χ1) is 16.9. The summed E-state index contributed by atoms with van der Waals surface area (Å²) in [6, 6.07) is 19.1. The normalized spacial score (nSPS) is 11.7. The van der Waals surface area contributed by atoms with E-state index in [1.165, 1.54) is 18.0 Å². The van der Waals surface area contributed by atoms with Gasteiger partial charge in [0.2, 0.25) is 5.91 Å². The van der Waals surface area contributed by atoms with E-state index in [1.54, 1.807) is 6.20 Å². The number of fused-ring (bicyclic) bond motifs is 1. The summed E-state index contributed by atoms with van der Waals surface area (Å²) < 4.78 is 32.7. The third kappa shape index (κ3) is 6.03. The average molecular weight is 478 g/mol. The van der Waals surface area contributed by atoms with Gasteiger partial charge in [-0.2, -0.15) is 0 Å². The Morgan fingerprint density at radius 2 is 1.74 bits per heavy atom. The summed E-state index contributed by atoms with van der Waals surface area (Å²) >= 11 is 0. The molecular weight excluding hydrogens is 452 g/mol. The van der Waals surface area contributed by atoms with E-state index in [-0.39, 0.29) is 25.1 Å². The summed E-state index contributed by atoms with van der Waals surface area (Å²) in [5.41, 5.74) is 2.72. The summed E-state index contributed by atoms with van der Waals surface area (Å²) in [5.74, 6) is -1.87. The van der Waals surface area contributed by atoms with Gasteiger partial charge in [-0.1, -0.05) is 54.6 Å². The topological polar surface area (TPSA) is 74.4 Å². The zero-order chi connectivity index (χ0) is 24.8. The monoisotopic (exact) mass is 477 g/mol. The number of carbonyl (C=O) groups is 2. The number of hydrogen-bond donors (Lipinski definition) is 2. The van der Waals surface area contributed by atoms with Crippen LogP contribution in [0.1, 0.15) is 16.7 Å². The zero-order valence-corrected chi connectivity index (χ0v) is 19.1. The van der Waals surface area contributed by atoms with Crippen LogP contribution in [0.4, 0.5) is 13.6 Å². The van der Waals surface area contributed by atoms with Gasteiger partial charge >= 0.3 is 6.09 Å². The molecule has 0 bridgehead atoms. The van der Waals surface area contributed by atoms with Crippen LogP contribution >= 0.6 is 0 Å². The van der Waals surface area contributed by atoms with Crippen LogP contribution in [0.15, 0.2) is 79.0 Å². The Labute approximate surface area is 201 Å². The summed E-state index contributed by atoms with van der Waals surface area (Å²) in [6.07, 6.45) is 1.24. The SMILES string of the molecule is CN(Cc1ccc(F)cc1F)C(=O)[C@@H](Cc1c[nH]c2ccccc12)NC(=O)OCc1ccccc1. The molecule has 0 saturated heterocycles. The van der Waals surface area contributed by atoms with Gasteiger partial charge in [-0.3, -0.25) is 4.79 Å². The fourth-order valence-corrected chi connectivity index (χ4v) is 3.88. The fourth-order valence-electron chi connectivity index (χ4n) is 3.88. The maximum Gasteiger partial charge on any atom is 0.408 e. The van der Waals surface area contributed by atoms with Gasteiger partial charge in [0.05, 0.1) is 0 Å². The first-order valence-electron chi connectivity index (χ1n) is 11.1. The molecule has 2 N–H and O–H groups in total. The minimum absolute atomic E-state index is 0.0529. The van der Waals surface area contributed by atoms with Crippen LogP contribution in [0.25, 0.3) is 10.9 Å². The number of nitrogens with one attached hydrogen (secondary N) is 2. The highest BCUT2D eigenvalue weighted by molar-refractivity contribution is 5.88.